The van der Waals surface area contributed by atoms with Gasteiger partial charge in [0.25, 0.3) is 0 Å². The van der Waals surface area contributed by atoms with E-state index in [2.05, 4.69) is 11.1 Å². The third-order valence-corrected chi connectivity index (χ3v) is 2.63. The van der Waals surface area contributed by atoms with Gasteiger partial charge in [0.05, 0.1) is 18.4 Å². The van der Waals surface area contributed by atoms with Gasteiger partial charge in [-0.25, -0.2) is 0 Å². The zero-order valence-electron chi connectivity index (χ0n) is 9.77. The summed E-state index contributed by atoms with van der Waals surface area (Å²) in [5, 5.41) is 8.96. The number of benzene rings is 1. The molecule has 0 amide bonds. The van der Waals surface area contributed by atoms with E-state index in [-0.39, 0.29) is 0 Å². The summed E-state index contributed by atoms with van der Waals surface area (Å²) in [6.07, 6.45) is 1.78. The van der Waals surface area contributed by atoms with Crippen molar-refractivity contribution in [2.24, 2.45) is 0 Å². The summed E-state index contributed by atoms with van der Waals surface area (Å²) in [4.78, 5) is 4.22. The lowest BCUT2D eigenvalue weighted by atomic mass is 10.0. The minimum Gasteiger partial charge on any atom is -0.497 e. The molecular weight excluding hydrogens is 212 g/mol. The Balaban J connectivity index is 2.43. The van der Waals surface area contributed by atoms with Crippen LogP contribution in [0.1, 0.15) is 11.3 Å². The number of nitriles is 1. The third kappa shape index (κ3) is 2.26. The van der Waals surface area contributed by atoms with E-state index in [0.29, 0.717) is 5.56 Å². The maximum absolute atomic E-state index is 8.96. The van der Waals surface area contributed by atoms with Crippen LogP contribution in [-0.2, 0) is 0 Å². The SMILES string of the molecule is COc1ccc(-c2cnc(C)c(C#N)c2)cc1. The largest absolute Gasteiger partial charge is 0.497 e. The number of ether oxygens (including phenoxy) is 1. The van der Waals surface area contributed by atoms with Gasteiger partial charge in [-0.1, -0.05) is 12.1 Å². The third-order valence-electron chi connectivity index (χ3n) is 2.63. The van der Waals surface area contributed by atoms with Gasteiger partial charge >= 0.3 is 0 Å². The van der Waals surface area contributed by atoms with Crippen LogP contribution in [0.15, 0.2) is 36.5 Å². The molecule has 1 aromatic carbocycles. The molecule has 2 rings (SSSR count). The molecule has 1 heterocycles. The lowest BCUT2D eigenvalue weighted by Crippen LogP contribution is -1.89. The molecule has 0 aliphatic carbocycles. The Morgan fingerprint density at radius 3 is 2.47 bits per heavy atom. The summed E-state index contributed by atoms with van der Waals surface area (Å²) >= 11 is 0. The summed E-state index contributed by atoms with van der Waals surface area (Å²) in [6, 6.07) is 11.7. The van der Waals surface area contributed by atoms with Crippen LogP contribution >= 0.6 is 0 Å². The van der Waals surface area contributed by atoms with E-state index in [1.807, 2.05) is 37.3 Å². The number of aryl methyl sites for hydroxylation is 1. The standard InChI is InChI=1S/C14H12N2O/c1-10-12(8-15)7-13(9-16-10)11-3-5-14(17-2)6-4-11/h3-7,9H,1-2H3. The first-order valence-electron chi connectivity index (χ1n) is 5.26. The Morgan fingerprint density at radius 1 is 1.18 bits per heavy atom. The second-order valence-corrected chi connectivity index (χ2v) is 3.70. The first-order chi connectivity index (χ1) is 8.24. The molecule has 0 aliphatic rings. The van der Waals surface area contributed by atoms with Crippen molar-refractivity contribution in [3.05, 3.63) is 47.8 Å². The van der Waals surface area contributed by atoms with Gasteiger partial charge < -0.3 is 4.74 Å². The van der Waals surface area contributed by atoms with Gasteiger partial charge in [0.1, 0.15) is 11.8 Å². The van der Waals surface area contributed by atoms with Crippen molar-refractivity contribution in [2.45, 2.75) is 6.92 Å². The van der Waals surface area contributed by atoms with Gasteiger partial charge in [-0.15, -0.1) is 0 Å². The second kappa shape index (κ2) is 4.67. The first-order valence-corrected chi connectivity index (χ1v) is 5.26. The number of rotatable bonds is 2. The summed E-state index contributed by atoms with van der Waals surface area (Å²) < 4.78 is 5.10. The molecule has 0 saturated heterocycles. The van der Waals surface area contributed by atoms with E-state index < -0.39 is 0 Å². The normalized spacial score (nSPS) is 9.71. The van der Waals surface area contributed by atoms with Crippen LogP contribution in [0.3, 0.4) is 0 Å². The predicted octanol–water partition coefficient (Wildman–Crippen LogP) is 2.94. The summed E-state index contributed by atoms with van der Waals surface area (Å²) in [5.74, 6) is 0.814. The van der Waals surface area contributed by atoms with Gasteiger partial charge in [0.2, 0.25) is 0 Å². The lowest BCUT2D eigenvalue weighted by molar-refractivity contribution is 0.415. The number of pyridine rings is 1. The highest BCUT2D eigenvalue weighted by molar-refractivity contribution is 5.65. The van der Waals surface area contributed by atoms with Gasteiger partial charge in [0.15, 0.2) is 0 Å². The fourth-order valence-electron chi connectivity index (χ4n) is 1.59. The Morgan fingerprint density at radius 2 is 1.88 bits per heavy atom. The molecule has 0 aliphatic heterocycles. The smallest absolute Gasteiger partial charge is 0.118 e. The van der Waals surface area contributed by atoms with Gasteiger partial charge in [0, 0.05) is 11.8 Å². The fraction of sp³-hybridized carbons (Fsp3) is 0.143. The Labute approximate surface area is 100 Å². The highest BCUT2D eigenvalue weighted by Gasteiger charge is 2.03. The highest BCUT2D eigenvalue weighted by Crippen LogP contribution is 2.23. The predicted molar refractivity (Wildman–Crippen MR) is 65.7 cm³/mol. The highest BCUT2D eigenvalue weighted by atomic mass is 16.5. The van der Waals surface area contributed by atoms with Gasteiger partial charge in [-0.2, -0.15) is 5.26 Å². The first kappa shape index (κ1) is 11.2. The molecule has 0 atom stereocenters. The maximum atomic E-state index is 8.96. The van der Waals surface area contributed by atoms with Crippen molar-refractivity contribution in [2.75, 3.05) is 7.11 Å². The van der Waals surface area contributed by atoms with Gasteiger partial charge in [-0.3, -0.25) is 4.98 Å². The van der Waals surface area contributed by atoms with E-state index in [1.165, 1.54) is 0 Å². The summed E-state index contributed by atoms with van der Waals surface area (Å²) in [6.45, 7) is 1.83. The summed E-state index contributed by atoms with van der Waals surface area (Å²) in [5.41, 5.74) is 3.33. The van der Waals surface area contributed by atoms with E-state index in [1.54, 1.807) is 13.3 Å². The Bertz CT molecular complexity index is 568. The number of hydrogen-bond acceptors (Lipinski definition) is 3. The van der Waals surface area contributed by atoms with Crippen molar-refractivity contribution in [1.29, 1.82) is 5.26 Å². The van der Waals surface area contributed by atoms with E-state index >= 15 is 0 Å². The molecule has 0 N–H and O–H groups in total. The second-order valence-electron chi connectivity index (χ2n) is 3.70. The number of aromatic nitrogens is 1. The minimum atomic E-state index is 0.610. The molecule has 0 radical (unpaired) electrons. The molecule has 0 unspecified atom stereocenters. The van der Waals surface area contributed by atoms with Crippen LogP contribution in [0.5, 0.6) is 5.75 Å². The molecule has 2 aromatic rings. The van der Waals surface area contributed by atoms with Gasteiger partial charge in [-0.05, 0) is 30.7 Å². The van der Waals surface area contributed by atoms with Crippen LogP contribution in [0.25, 0.3) is 11.1 Å². The molecule has 0 bridgehead atoms. The Kier molecular flexibility index (Phi) is 3.06. The monoisotopic (exact) mass is 224 g/mol. The molecular formula is C14H12N2O. The van der Waals surface area contributed by atoms with E-state index in [9.17, 15) is 0 Å². The minimum absolute atomic E-state index is 0.610. The van der Waals surface area contributed by atoms with E-state index in [4.69, 9.17) is 10.00 Å². The molecule has 0 spiro atoms. The average Bonchev–Trinajstić information content (AvgIpc) is 2.39. The molecule has 0 fully saturated rings. The van der Waals surface area contributed by atoms with Crippen molar-refractivity contribution in [3.8, 4) is 22.9 Å². The molecule has 3 heteroatoms. The zero-order valence-corrected chi connectivity index (χ0v) is 9.77. The Hall–Kier alpha value is -2.34. The maximum Gasteiger partial charge on any atom is 0.118 e. The van der Waals surface area contributed by atoms with Crippen molar-refractivity contribution < 1.29 is 4.74 Å². The molecule has 3 nitrogen and oxygen atoms in total. The molecule has 0 saturated carbocycles. The average molecular weight is 224 g/mol. The van der Waals surface area contributed by atoms with Crippen LogP contribution in [0.4, 0.5) is 0 Å². The lowest BCUT2D eigenvalue weighted by Gasteiger charge is -2.05. The van der Waals surface area contributed by atoms with E-state index in [0.717, 1.165) is 22.6 Å². The number of nitrogens with zero attached hydrogens (tertiary/aromatic N) is 2. The molecule has 84 valence electrons. The van der Waals surface area contributed by atoms with Crippen molar-refractivity contribution >= 4 is 0 Å². The van der Waals surface area contributed by atoms with Crippen molar-refractivity contribution in [1.82, 2.24) is 4.98 Å². The zero-order chi connectivity index (χ0) is 12.3. The molecule has 1 aromatic heterocycles. The molecule has 17 heavy (non-hydrogen) atoms. The van der Waals surface area contributed by atoms with Crippen LogP contribution < -0.4 is 4.74 Å². The quantitative estimate of drug-likeness (QED) is 0.787. The topological polar surface area (TPSA) is 45.9 Å². The van der Waals surface area contributed by atoms with Crippen LogP contribution in [0.2, 0.25) is 0 Å². The summed E-state index contributed by atoms with van der Waals surface area (Å²) in [7, 11) is 1.64. The van der Waals surface area contributed by atoms with Crippen LogP contribution in [0, 0.1) is 18.3 Å². The number of hydrogen-bond donors (Lipinski definition) is 0. The fourth-order valence-corrected chi connectivity index (χ4v) is 1.59. The van der Waals surface area contributed by atoms with Crippen LogP contribution in [-0.4, -0.2) is 12.1 Å². The number of methoxy groups -OCH3 is 1. The van der Waals surface area contributed by atoms with Crippen molar-refractivity contribution in [3.63, 3.8) is 0 Å².